The molecule has 1 aliphatic carbocycles. The Labute approximate surface area is 107 Å². The number of hydrogen-bond donors (Lipinski definition) is 1. The van der Waals surface area contributed by atoms with Crippen LogP contribution in [0.3, 0.4) is 0 Å². The molecule has 0 aliphatic heterocycles. The Morgan fingerprint density at radius 3 is 2.94 bits per heavy atom. The number of nitrogen functional groups attached to an aromatic ring is 1. The van der Waals surface area contributed by atoms with Gasteiger partial charge in [0.25, 0.3) is 0 Å². The summed E-state index contributed by atoms with van der Waals surface area (Å²) in [6, 6.07) is 5.16. The summed E-state index contributed by atoms with van der Waals surface area (Å²) in [6.45, 7) is 2.26. The van der Waals surface area contributed by atoms with Crippen molar-refractivity contribution in [2.45, 2.75) is 49.2 Å². The van der Waals surface area contributed by atoms with Crippen LogP contribution in [0.15, 0.2) is 23.1 Å². The molecule has 0 amide bonds. The molecule has 0 spiro atoms. The van der Waals surface area contributed by atoms with E-state index in [2.05, 4.69) is 6.92 Å². The van der Waals surface area contributed by atoms with E-state index in [-0.39, 0.29) is 11.5 Å². The van der Waals surface area contributed by atoms with E-state index >= 15 is 0 Å². The van der Waals surface area contributed by atoms with Crippen molar-refractivity contribution in [2.75, 3.05) is 5.73 Å². The SMILES string of the molecule is CCC1CCCC(Sc2ccc(N)c(F)c2)C1. The zero-order valence-electron chi connectivity index (χ0n) is 10.3. The number of thioether (sulfide) groups is 1. The summed E-state index contributed by atoms with van der Waals surface area (Å²) >= 11 is 1.81. The predicted octanol–water partition coefficient (Wildman–Crippen LogP) is 4.47. The smallest absolute Gasteiger partial charge is 0.147 e. The van der Waals surface area contributed by atoms with Crippen LogP contribution in [0.2, 0.25) is 0 Å². The van der Waals surface area contributed by atoms with Gasteiger partial charge in [0.05, 0.1) is 5.69 Å². The summed E-state index contributed by atoms with van der Waals surface area (Å²) in [4.78, 5) is 1.01. The maximum absolute atomic E-state index is 13.3. The highest BCUT2D eigenvalue weighted by molar-refractivity contribution is 8.00. The molecule has 17 heavy (non-hydrogen) atoms. The average Bonchev–Trinajstić information content (AvgIpc) is 2.34. The van der Waals surface area contributed by atoms with Crippen LogP contribution in [0.1, 0.15) is 39.0 Å². The van der Waals surface area contributed by atoms with Crippen molar-refractivity contribution in [3.63, 3.8) is 0 Å². The van der Waals surface area contributed by atoms with Crippen LogP contribution < -0.4 is 5.73 Å². The van der Waals surface area contributed by atoms with E-state index in [1.54, 1.807) is 12.1 Å². The second-order valence-corrected chi connectivity index (χ2v) is 6.24. The molecule has 1 aliphatic rings. The molecule has 0 saturated heterocycles. The van der Waals surface area contributed by atoms with E-state index in [1.807, 2.05) is 17.8 Å². The van der Waals surface area contributed by atoms with Crippen LogP contribution in [0.5, 0.6) is 0 Å². The van der Waals surface area contributed by atoms with Gasteiger partial charge >= 0.3 is 0 Å². The summed E-state index contributed by atoms with van der Waals surface area (Å²) in [5.74, 6) is 0.567. The van der Waals surface area contributed by atoms with Gasteiger partial charge in [0, 0.05) is 10.1 Å². The lowest BCUT2D eigenvalue weighted by molar-refractivity contribution is 0.357. The standard InChI is InChI=1S/C14H20FNS/c1-2-10-4-3-5-11(8-10)17-12-6-7-14(16)13(15)9-12/h6-7,9-11H,2-5,8,16H2,1H3. The van der Waals surface area contributed by atoms with Gasteiger partial charge in [-0.1, -0.05) is 26.2 Å². The summed E-state index contributed by atoms with van der Waals surface area (Å²) in [7, 11) is 0. The van der Waals surface area contributed by atoms with Crippen molar-refractivity contribution >= 4 is 17.4 Å². The number of rotatable bonds is 3. The largest absolute Gasteiger partial charge is 0.396 e. The number of anilines is 1. The monoisotopic (exact) mass is 253 g/mol. The van der Waals surface area contributed by atoms with E-state index < -0.39 is 0 Å². The number of halogens is 1. The molecule has 1 fully saturated rings. The van der Waals surface area contributed by atoms with Crippen LogP contribution in [0, 0.1) is 11.7 Å². The molecule has 2 rings (SSSR count). The molecule has 2 N–H and O–H groups in total. The van der Waals surface area contributed by atoms with Gasteiger partial charge in [0.15, 0.2) is 0 Å². The molecule has 0 radical (unpaired) electrons. The molecule has 0 aromatic heterocycles. The van der Waals surface area contributed by atoms with Crippen LogP contribution in [-0.2, 0) is 0 Å². The van der Waals surface area contributed by atoms with E-state index in [0.29, 0.717) is 5.25 Å². The van der Waals surface area contributed by atoms with E-state index in [9.17, 15) is 4.39 Å². The molecule has 3 heteroatoms. The Hall–Kier alpha value is -0.700. The summed E-state index contributed by atoms with van der Waals surface area (Å²) < 4.78 is 13.3. The minimum absolute atomic E-state index is 0.240. The number of nitrogens with two attached hydrogens (primary N) is 1. The fourth-order valence-corrected chi connectivity index (χ4v) is 3.85. The third-order valence-electron chi connectivity index (χ3n) is 3.59. The van der Waals surface area contributed by atoms with Crippen LogP contribution >= 0.6 is 11.8 Å². The fourth-order valence-electron chi connectivity index (χ4n) is 2.49. The number of benzene rings is 1. The molecule has 0 bridgehead atoms. The van der Waals surface area contributed by atoms with E-state index in [4.69, 9.17) is 5.73 Å². The first-order valence-electron chi connectivity index (χ1n) is 6.40. The van der Waals surface area contributed by atoms with Gasteiger partial charge in [0.2, 0.25) is 0 Å². The van der Waals surface area contributed by atoms with Crippen molar-refractivity contribution in [2.24, 2.45) is 5.92 Å². The molecule has 1 aromatic rings. The van der Waals surface area contributed by atoms with Gasteiger partial charge in [0.1, 0.15) is 5.82 Å². The number of hydrogen-bond acceptors (Lipinski definition) is 2. The predicted molar refractivity (Wildman–Crippen MR) is 72.7 cm³/mol. The molecule has 1 nitrogen and oxygen atoms in total. The van der Waals surface area contributed by atoms with Crippen LogP contribution in [0.4, 0.5) is 10.1 Å². The topological polar surface area (TPSA) is 26.0 Å². The third kappa shape index (κ3) is 3.38. The maximum atomic E-state index is 13.3. The van der Waals surface area contributed by atoms with E-state index in [0.717, 1.165) is 10.8 Å². The summed E-state index contributed by atoms with van der Waals surface area (Å²) in [5, 5.41) is 0.650. The van der Waals surface area contributed by atoms with Crippen molar-refractivity contribution in [1.82, 2.24) is 0 Å². The van der Waals surface area contributed by atoms with Crippen LogP contribution in [-0.4, -0.2) is 5.25 Å². The second-order valence-electron chi connectivity index (χ2n) is 4.86. The van der Waals surface area contributed by atoms with Crippen LogP contribution in [0.25, 0.3) is 0 Å². The minimum atomic E-state index is -0.294. The highest BCUT2D eigenvalue weighted by atomic mass is 32.2. The Morgan fingerprint density at radius 2 is 2.24 bits per heavy atom. The zero-order valence-corrected chi connectivity index (χ0v) is 11.1. The molecule has 2 atom stereocenters. The van der Waals surface area contributed by atoms with Crippen molar-refractivity contribution in [1.29, 1.82) is 0 Å². The first-order chi connectivity index (χ1) is 8.19. The molecular weight excluding hydrogens is 233 g/mol. The van der Waals surface area contributed by atoms with Crippen molar-refractivity contribution < 1.29 is 4.39 Å². The molecule has 1 aromatic carbocycles. The Bertz CT molecular complexity index is 380. The minimum Gasteiger partial charge on any atom is -0.396 e. The molecule has 1 saturated carbocycles. The lowest BCUT2D eigenvalue weighted by Gasteiger charge is -2.28. The molecule has 0 heterocycles. The average molecular weight is 253 g/mol. The summed E-state index contributed by atoms with van der Waals surface area (Å²) in [6.07, 6.45) is 6.48. The third-order valence-corrected chi connectivity index (χ3v) is 4.87. The molecular formula is C14H20FNS. The summed E-state index contributed by atoms with van der Waals surface area (Å²) in [5.41, 5.74) is 5.72. The Balaban J connectivity index is 1.97. The Morgan fingerprint density at radius 1 is 1.41 bits per heavy atom. The normalized spacial score (nSPS) is 24.8. The highest BCUT2D eigenvalue weighted by Gasteiger charge is 2.21. The highest BCUT2D eigenvalue weighted by Crippen LogP contribution is 2.37. The van der Waals surface area contributed by atoms with Crippen molar-refractivity contribution in [3.05, 3.63) is 24.0 Å². The van der Waals surface area contributed by atoms with E-state index in [1.165, 1.54) is 32.1 Å². The van der Waals surface area contributed by atoms with Gasteiger partial charge in [-0.25, -0.2) is 4.39 Å². The molecule has 94 valence electrons. The second kappa shape index (κ2) is 5.76. The lowest BCUT2D eigenvalue weighted by Crippen LogP contribution is -2.16. The Kier molecular flexibility index (Phi) is 4.32. The first-order valence-corrected chi connectivity index (χ1v) is 7.28. The first kappa shape index (κ1) is 12.7. The zero-order chi connectivity index (χ0) is 12.3. The molecule has 2 unspecified atom stereocenters. The van der Waals surface area contributed by atoms with Gasteiger partial charge in [-0.2, -0.15) is 0 Å². The van der Waals surface area contributed by atoms with Gasteiger partial charge < -0.3 is 5.73 Å². The van der Waals surface area contributed by atoms with Gasteiger partial charge in [-0.15, -0.1) is 11.8 Å². The quantitative estimate of drug-likeness (QED) is 0.804. The fraction of sp³-hybridized carbons (Fsp3) is 0.571. The van der Waals surface area contributed by atoms with Crippen molar-refractivity contribution in [3.8, 4) is 0 Å². The lowest BCUT2D eigenvalue weighted by atomic mass is 9.87. The van der Waals surface area contributed by atoms with Gasteiger partial charge in [-0.3, -0.25) is 0 Å². The van der Waals surface area contributed by atoms with Gasteiger partial charge in [-0.05, 0) is 37.0 Å². The maximum Gasteiger partial charge on any atom is 0.147 e.